The van der Waals surface area contributed by atoms with Gasteiger partial charge < -0.3 is 9.84 Å². The first-order valence-electron chi connectivity index (χ1n) is 6.53. The van der Waals surface area contributed by atoms with Crippen LogP contribution in [0, 0.1) is 10.1 Å². The number of aromatic hydroxyl groups is 1. The Morgan fingerprint density at radius 2 is 1.71 bits per heavy atom. The minimum absolute atomic E-state index is 0.0171. The molecule has 5 heteroatoms. The Morgan fingerprint density at radius 1 is 1.10 bits per heavy atom. The molecule has 0 aromatic heterocycles. The van der Waals surface area contributed by atoms with Crippen LogP contribution >= 0.6 is 0 Å². The standard InChI is InChI=1S/C16H17NO4/c1-16(2,3)11-4-7-13(8-5-11)21-15-10-12(18)6-9-14(15)17(19)20/h4-10,18H,1-3H3. The molecule has 0 spiro atoms. The Hall–Kier alpha value is -2.56. The van der Waals surface area contributed by atoms with Gasteiger partial charge in [-0.3, -0.25) is 10.1 Å². The lowest BCUT2D eigenvalue weighted by molar-refractivity contribution is -0.385. The number of hydrogen-bond acceptors (Lipinski definition) is 4. The van der Waals surface area contributed by atoms with Gasteiger partial charge in [-0.1, -0.05) is 32.9 Å². The zero-order chi connectivity index (χ0) is 15.6. The van der Waals surface area contributed by atoms with Gasteiger partial charge in [0, 0.05) is 12.1 Å². The fourth-order valence-corrected chi connectivity index (χ4v) is 1.89. The highest BCUT2D eigenvalue weighted by Crippen LogP contribution is 2.34. The predicted octanol–water partition coefficient (Wildman–Crippen LogP) is 4.39. The van der Waals surface area contributed by atoms with E-state index in [0.717, 1.165) is 5.56 Å². The molecule has 2 aromatic rings. The first kappa shape index (κ1) is 14.8. The highest BCUT2D eigenvalue weighted by atomic mass is 16.6. The average molecular weight is 287 g/mol. The number of phenols is 1. The van der Waals surface area contributed by atoms with Crippen LogP contribution in [0.5, 0.6) is 17.2 Å². The Bertz CT molecular complexity index is 657. The van der Waals surface area contributed by atoms with E-state index in [-0.39, 0.29) is 22.6 Å². The maximum atomic E-state index is 11.0. The van der Waals surface area contributed by atoms with Crippen LogP contribution in [-0.2, 0) is 5.41 Å². The minimum atomic E-state index is -0.543. The second-order valence-corrected chi connectivity index (χ2v) is 5.79. The van der Waals surface area contributed by atoms with Crippen molar-refractivity contribution in [3.63, 3.8) is 0 Å². The summed E-state index contributed by atoms with van der Waals surface area (Å²) in [5.41, 5.74) is 0.975. The van der Waals surface area contributed by atoms with Crippen LogP contribution in [0.2, 0.25) is 0 Å². The first-order valence-corrected chi connectivity index (χ1v) is 6.53. The van der Waals surface area contributed by atoms with Crippen LogP contribution in [0.1, 0.15) is 26.3 Å². The van der Waals surface area contributed by atoms with Crippen LogP contribution < -0.4 is 4.74 Å². The van der Waals surface area contributed by atoms with Crippen molar-refractivity contribution >= 4 is 5.69 Å². The molecule has 0 saturated heterocycles. The number of nitro groups is 1. The number of rotatable bonds is 3. The van der Waals surface area contributed by atoms with Gasteiger partial charge in [-0.05, 0) is 29.2 Å². The second-order valence-electron chi connectivity index (χ2n) is 5.79. The van der Waals surface area contributed by atoms with E-state index in [0.29, 0.717) is 5.75 Å². The summed E-state index contributed by atoms with van der Waals surface area (Å²) in [7, 11) is 0. The summed E-state index contributed by atoms with van der Waals surface area (Å²) in [6.07, 6.45) is 0. The van der Waals surface area contributed by atoms with Crippen LogP contribution in [-0.4, -0.2) is 10.0 Å². The van der Waals surface area contributed by atoms with Gasteiger partial charge in [0.1, 0.15) is 11.5 Å². The molecule has 0 bridgehead atoms. The van der Waals surface area contributed by atoms with Crippen molar-refractivity contribution in [1.82, 2.24) is 0 Å². The lowest BCUT2D eigenvalue weighted by atomic mass is 9.87. The highest BCUT2D eigenvalue weighted by molar-refractivity contribution is 5.52. The normalized spacial score (nSPS) is 11.2. The molecule has 0 unspecified atom stereocenters. The Balaban J connectivity index is 2.30. The van der Waals surface area contributed by atoms with Gasteiger partial charge in [0.15, 0.2) is 0 Å². The summed E-state index contributed by atoms with van der Waals surface area (Å²) in [6, 6.07) is 11.1. The van der Waals surface area contributed by atoms with Crippen LogP contribution in [0.4, 0.5) is 5.69 Å². The topological polar surface area (TPSA) is 72.6 Å². The third-order valence-electron chi connectivity index (χ3n) is 3.09. The Morgan fingerprint density at radius 3 is 2.24 bits per heavy atom. The molecule has 0 atom stereocenters. The van der Waals surface area contributed by atoms with Crippen molar-refractivity contribution in [3.8, 4) is 17.2 Å². The van der Waals surface area contributed by atoms with Gasteiger partial charge in [-0.15, -0.1) is 0 Å². The number of nitrogens with zero attached hydrogens (tertiary/aromatic N) is 1. The molecule has 5 nitrogen and oxygen atoms in total. The molecular formula is C16H17NO4. The van der Waals surface area contributed by atoms with E-state index in [1.807, 2.05) is 12.1 Å². The monoisotopic (exact) mass is 287 g/mol. The Kier molecular flexibility index (Phi) is 3.84. The van der Waals surface area contributed by atoms with Gasteiger partial charge >= 0.3 is 5.69 Å². The van der Waals surface area contributed by atoms with E-state index in [2.05, 4.69) is 20.8 Å². The smallest absolute Gasteiger partial charge is 0.311 e. The van der Waals surface area contributed by atoms with E-state index < -0.39 is 4.92 Å². The quantitative estimate of drug-likeness (QED) is 0.671. The van der Waals surface area contributed by atoms with Crippen molar-refractivity contribution < 1.29 is 14.8 Å². The summed E-state index contributed by atoms with van der Waals surface area (Å²) >= 11 is 0. The van der Waals surface area contributed by atoms with Gasteiger partial charge in [0.05, 0.1) is 4.92 Å². The largest absolute Gasteiger partial charge is 0.508 e. The summed E-state index contributed by atoms with van der Waals surface area (Å²) < 4.78 is 5.52. The van der Waals surface area contributed by atoms with E-state index >= 15 is 0 Å². The van der Waals surface area contributed by atoms with Crippen LogP contribution in [0.25, 0.3) is 0 Å². The van der Waals surface area contributed by atoms with Crippen molar-refractivity contribution in [2.75, 3.05) is 0 Å². The van der Waals surface area contributed by atoms with Crippen molar-refractivity contribution in [1.29, 1.82) is 0 Å². The minimum Gasteiger partial charge on any atom is -0.508 e. The van der Waals surface area contributed by atoms with Crippen molar-refractivity contribution in [2.45, 2.75) is 26.2 Å². The molecule has 0 fully saturated rings. The van der Waals surface area contributed by atoms with Gasteiger partial charge in [-0.2, -0.15) is 0 Å². The number of phenolic OH excluding ortho intramolecular Hbond substituents is 1. The van der Waals surface area contributed by atoms with Gasteiger partial charge in [0.25, 0.3) is 0 Å². The predicted molar refractivity (Wildman–Crippen MR) is 80.0 cm³/mol. The van der Waals surface area contributed by atoms with E-state index in [1.54, 1.807) is 12.1 Å². The maximum Gasteiger partial charge on any atom is 0.311 e. The molecular weight excluding hydrogens is 270 g/mol. The molecule has 0 saturated carbocycles. The second kappa shape index (κ2) is 5.44. The van der Waals surface area contributed by atoms with E-state index in [4.69, 9.17) is 4.74 Å². The third-order valence-corrected chi connectivity index (χ3v) is 3.09. The van der Waals surface area contributed by atoms with E-state index in [1.165, 1.54) is 18.2 Å². The number of ether oxygens (including phenoxy) is 1. The number of benzene rings is 2. The number of hydrogen-bond donors (Lipinski definition) is 1. The first-order chi connectivity index (χ1) is 9.77. The molecule has 21 heavy (non-hydrogen) atoms. The van der Waals surface area contributed by atoms with Gasteiger partial charge in [0.2, 0.25) is 5.75 Å². The van der Waals surface area contributed by atoms with Crippen molar-refractivity contribution in [3.05, 3.63) is 58.1 Å². The van der Waals surface area contributed by atoms with Gasteiger partial charge in [-0.25, -0.2) is 0 Å². The molecule has 1 N–H and O–H groups in total. The summed E-state index contributed by atoms with van der Waals surface area (Å²) in [6.45, 7) is 6.30. The lowest BCUT2D eigenvalue weighted by Crippen LogP contribution is -2.10. The lowest BCUT2D eigenvalue weighted by Gasteiger charge is -2.19. The van der Waals surface area contributed by atoms with Crippen LogP contribution in [0.15, 0.2) is 42.5 Å². The van der Waals surface area contributed by atoms with E-state index in [9.17, 15) is 15.2 Å². The average Bonchev–Trinajstić information content (AvgIpc) is 2.38. The third kappa shape index (κ3) is 3.51. The molecule has 0 radical (unpaired) electrons. The summed E-state index contributed by atoms with van der Waals surface area (Å²) in [5, 5.41) is 20.4. The van der Waals surface area contributed by atoms with Crippen LogP contribution in [0.3, 0.4) is 0 Å². The molecule has 0 aliphatic carbocycles. The molecule has 0 heterocycles. The van der Waals surface area contributed by atoms with Crippen molar-refractivity contribution in [2.24, 2.45) is 0 Å². The molecule has 0 aliphatic rings. The maximum absolute atomic E-state index is 11.0. The SMILES string of the molecule is CC(C)(C)c1ccc(Oc2cc(O)ccc2[N+](=O)[O-])cc1. The molecule has 2 rings (SSSR count). The molecule has 0 aliphatic heterocycles. The highest BCUT2D eigenvalue weighted by Gasteiger charge is 2.17. The molecule has 2 aromatic carbocycles. The fourth-order valence-electron chi connectivity index (χ4n) is 1.89. The Labute approximate surface area is 123 Å². The zero-order valence-corrected chi connectivity index (χ0v) is 12.2. The molecule has 110 valence electrons. The summed E-state index contributed by atoms with van der Waals surface area (Å²) in [4.78, 5) is 10.4. The number of nitro benzene ring substituents is 1. The zero-order valence-electron chi connectivity index (χ0n) is 12.2. The molecule has 0 amide bonds. The fraction of sp³-hybridized carbons (Fsp3) is 0.250. The summed E-state index contributed by atoms with van der Waals surface area (Å²) in [5.74, 6) is 0.419.